The molecule has 1 aromatic heterocycles. The van der Waals surface area contributed by atoms with Crippen molar-refractivity contribution in [2.75, 3.05) is 27.5 Å². The monoisotopic (exact) mass is 444 g/mol. The Morgan fingerprint density at radius 3 is 2.32 bits per heavy atom. The van der Waals surface area contributed by atoms with Gasteiger partial charge in [0.2, 0.25) is 27.6 Å². The number of carbonyl (C=O) groups is 1. The summed E-state index contributed by atoms with van der Waals surface area (Å²) < 4.78 is 35.8. The van der Waals surface area contributed by atoms with Gasteiger partial charge in [0, 0.05) is 19.7 Å². The van der Waals surface area contributed by atoms with Crippen LogP contribution in [0.25, 0.3) is 11.4 Å². The third-order valence-electron chi connectivity index (χ3n) is 4.80. The van der Waals surface area contributed by atoms with Crippen LogP contribution in [0.15, 0.2) is 59.1 Å². The molecule has 0 bridgehead atoms. The minimum absolute atomic E-state index is 0.0307. The number of aromatic nitrogens is 2. The Hall–Kier alpha value is -3.24. The van der Waals surface area contributed by atoms with E-state index >= 15 is 0 Å². The van der Waals surface area contributed by atoms with Crippen molar-refractivity contribution in [2.45, 2.75) is 12.6 Å². The smallest absolute Gasteiger partial charge is 0.246 e. The van der Waals surface area contributed by atoms with E-state index in [9.17, 15) is 13.2 Å². The van der Waals surface area contributed by atoms with E-state index in [0.29, 0.717) is 17.1 Å². The summed E-state index contributed by atoms with van der Waals surface area (Å²) in [5, 5.41) is 3.96. The number of nitrogens with zero attached hydrogens (tertiary/aromatic N) is 4. The molecule has 10 heteroatoms. The van der Waals surface area contributed by atoms with Gasteiger partial charge < -0.3 is 14.2 Å². The van der Waals surface area contributed by atoms with E-state index in [1.165, 1.54) is 11.9 Å². The third-order valence-corrected chi connectivity index (χ3v) is 6.06. The first-order chi connectivity index (χ1) is 14.7. The number of benzene rings is 2. The highest BCUT2D eigenvalue weighted by Gasteiger charge is 2.33. The fraction of sp³-hybridized carbons (Fsp3) is 0.286. The maximum atomic E-state index is 13.2. The summed E-state index contributed by atoms with van der Waals surface area (Å²) in [6, 6.07) is 14.9. The number of likely N-dealkylation sites (N-methyl/N-ethyl adjacent to an activating group) is 2. The van der Waals surface area contributed by atoms with E-state index in [-0.39, 0.29) is 12.4 Å². The first-order valence-corrected chi connectivity index (χ1v) is 11.3. The molecule has 0 saturated heterocycles. The predicted molar refractivity (Wildman–Crippen MR) is 115 cm³/mol. The van der Waals surface area contributed by atoms with E-state index in [0.717, 1.165) is 16.1 Å². The molecule has 0 aliphatic heterocycles. The van der Waals surface area contributed by atoms with Crippen LogP contribution in [0, 0.1) is 0 Å². The Bertz CT molecular complexity index is 1130. The van der Waals surface area contributed by atoms with Gasteiger partial charge in [-0.3, -0.25) is 4.79 Å². The molecule has 0 spiro atoms. The number of ether oxygens (including phenoxy) is 1. The van der Waals surface area contributed by atoms with Crippen molar-refractivity contribution in [2.24, 2.45) is 0 Å². The van der Waals surface area contributed by atoms with Gasteiger partial charge in [0.05, 0.1) is 19.9 Å². The van der Waals surface area contributed by atoms with E-state index in [1.807, 2.05) is 0 Å². The minimum Gasteiger partial charge on any atom is -0.497 e. The van der Waals surface area contributed by atoms with Crippen molar-refractivity contribution in [3.8, 4) is 17.1 Å². The molecule has 9 nitrogen and oxygen atoms in total. The molecule has 0 aliphatic carbocycles. The van der Waals surface area contributed by atoms with E-state index in [1.54, 1.807) is 68.8 Å². The molecule has 0 unspecified atom stereocenters. The number of carbonyl (C=O) groups excluding carboxylic acids is 1. The third kappa shape index (κ3) is 5.28. The van der Waals surface area contributed by atoms with Gasteiger partial charge in [-0.15, -0.1) is 0 Å². The zero-order valence-electron chi connectivity index (χ0n) is 17.7. The zero-order chi connectivity index (χ0) is 22.6. The number of rotatable bonds is 8. The number of hydrogen-bond acceptors (Lipinski definition) is 7. The molecule has 0 aliphatic rings. The zero-order valence-corrected chi connectivity index (χ0v) is 18.5. The normalized spacial score (nSPS) is 12.5. The van der Waals surface area contributed by atoms with Crippen LogP contribution < -0.4 is 4.74 Å². The van der Waals surface area contributed by atoms with Crippen LogP contribution in [0.3, 0.4) is 0 Å². The molecule has 0 N–H and O–H groups in total. The molecule has 0 fully saturated rings. The molecule has 0 radical (unpaired) electrons. The van der Waals surface area contributed by atoms with Gasteiger partial charge >= 0.3 is 0 Å². The van der Waals surface area contributed by atoms with Crippen LogP contribution in [0.2, 0.25) is 0 Å². The summed E-state index contributed by atoms with van der Waals surface area (Å²) in [6.07, 6.45) is 1.06. The maximum Gasteiger partial charge on any atom is 0.246 e. The second-order valence-corrected chi connectivity index (χ2v) is 9.07. The lowest BCUT2D eigenvalue weighted by molar-refractivity contribution is -0.134. The van der Waals surface area contributed by atoms with E-state index in [2.05, 4.69) is 10.1 Å². The first-order valence-electron chi connectivity index (χ1n) is 9.40. The fourth-order valence-corrected chi connectivity index (χ4v) is 3.60. The van der Waals surface area contributed by atoms with E-state index in [4.69, 9.17) is 9.26 Å². The molecular weight excluding hydrogens is 420 g/mol. The molecule has 1 atom stereocenters. The summed E-state index contributed by atoms with van der Waals surface area (Å²) >= 11 is 0. The Morgan fingerprint density at radius 2 is 1.74 bits per heavy atom. The van der Waals surface area contributed by atoms with Crippen LogP contribution in [-0.4, -0.2) is 61.1 Å². The largest absolute Gasteiger partial charge is 0.497 e. The molecule has 3 aromatic rings. The molecule has 164 valence electrons. The number of methoxy groups -OCH3 is 1. The van der Waals surface area contributed by atoms with Crippen molar-refractivity contribution >= 4 is 15.9 Å². The maximum absolute atomic E-state index is 13.2. The van der Waals surface area contributed by atoms with E-state index < -0.39 is 22.0 Å². The SMILES string of the molecule is COc1ccc(-c2noc(CN(C)C(=O)[C@H](c3ccccc3)N(C)S(C)(=O)=O)n2)cc1. The van der Waals surface area contributed by atoms with Crippen LogP contribution in [0.4, 0.5) is 0 Å². The Balaban J connectivity index is 1.80. The molecule has 1 heterocycles. The summed E-state index contributed by atoms with van der Waals surface area (Å²) in [6.45, 7) is 0.0307. The van der Waals surface area contributed by atoms with Gasteiger partial charge in [-0.25, -0.2) is 8.42 Å². The second-order valence-electron chi connectivity index (χ2n) is 7.03. The van der Waals surface area contributed by atoms with Crippen LogP contribution >= 0.6 is 0 Å². The second kappa shape index (κ2) is 9.27. The summed E-state index contributed by atoms with van der Waals surface area (Å²) in [5.74, 6) is 0.907. The Kier molecular flexibility index (Phi) is 6.71. The number of hydrogen-bond donors (Lipinski definition) is 0. The first kappa shape index (κ1) is 22.4. The van der Waals surface area contributed by atoms with Crippen molar-refractivity contribution < 1.29 is 22.5 Å². The highest BCUT2D eigenvalue weighted by atomic mass is 32.2. The summed E-state index contributed by atoms with van der Waals surface area (Å²) in [4.78, 5) is 18.9. The highest BCUT2D eigenvalue weighted by molar-refractivity contribution is 7.88. The molecular formula is C21H24N4O5S. The molecule has 2 aromatic carbocycles. The van der Waals surface area contributed by atoms with Gasteiger partial charge in [-0.2, -0.15) is 9.29 Å². The minimum atomic E-state index is -3.62. The summed E-state index contributed by atoms with van der Waals surface area (Å²) in [7, 11) is 0.910. The topological polar surface area (TPSA) is 106 Å². The quantitative estimate of drug-likeness (QED) is 0.525. The fourth-order valence-electron chi connectivity index (χ4n) is 3.00. The Morgan fingerprint density at radius 1 is 1.10 bits per heavy atom. The van der Waals surface area contributed by atoms with Crippen LogP contribution in [0.5, 0.6) is 5.75 Å². The van der Waals surface area contributed by atoms with Gasteiger partial charge in [-0.05, 0) is 29.8 Å². The van der Waals surface area contributed by atoms with Crippen molar-refractivity contribution in [3.05, 3.63) is 66.1 Å². The average Bonchev–Trinajstić information content (AvgIpc) is 3.22. The van der Waals surface area contributed by atoms with Crippen LogP contribution in [-0.2, 0) is 21.4 Å². The molecule has 31 heavy (non-hydrogen) atoms. The summed E-state index contributed by atoms with van der Waals surface area (Å²) in [5.41, 5.74) is 1.31. The molecule has 3 rings (SSSR count). The molecule has 0 saturated carbocycles. The number of amides is 1. The lowest BCUT2D eigenvalue weighted by Crippen LogP contribution is -2.41. The van der Waals surface area contributed by atoms with Gasteiger partial charge in [0.1, 0.15) is 11.8 Å². The lowest BCUT2D eigenvalue weighted by atomic mass is 10.1. The van der Waals surface area contributed by atoms with Gasteiger partial charge in [-0.1, -0.05) is 35.5 Å². The molecule has 1 amide bonds. The standard InChI is InChI=1S/C21H24N4O5S/c1-24(14-18-22-20(23-30-18)16-10-12-17(29-3)13-11-16)21(26)19(25(2)31(4,27)28)15-8-6-5-7-9-15/h5-13,19H,14H2,1-4H3/t19-/m0/s1. The van der Waals surface area contributed by atoms with Gasteiger partial charge in [0.15, 0.2) is 0 Å². The average molecular weight is 445 g/mol. The lowest BCUT2D eigenvalue weighted by Gasteiger charge is -2.29. The van der Waals surface area contributed by atoms with Gasteiger partial charge in [0.25, 0.3) is 0 Å². The predicted octanol–water partition coefficient (Wildman–Crippen LogP) is 2.34. The Labute approximate surface area is 181 Å². The van der Waals surface area contributed by atoms with Crippen molar-refractivity contribution in [1.29, 1.82) is 0 Å². The van der Waals surface area contributed by atoms with Crippen molar-refractivity contribution in [1.82, 2.24) is 19.3 Å². The van der Waals surface area contributed by atoms with Crippen molar-refractivity contribution in [3.63, 3.8) is 0 Å². The highest BCUT2D eigenvalue weighted by Crippen LogP contribution is 2.25. The number of sulfonamides is 1. The van der Waals surface area contributed by atoms with Crippen LogP contribution in [0.1, 0.15) is 17.5 Å².